The second-order valence-electron chi connectivity index (χ2n) is 9.75. The van der Waals surface area contributed by atoms with Gasteiger partial charge in [0.2, 0.25) is 0 Å². The molecule has 176 valence electrons. The fourth-order valence-electron chi connectivity index (χ4n) is 5.44. The number of aryl methyl sites for hydroxylation is 1. The van der Waals surface area contributed by atoms with Gasteiger partial charge in [-0.25, -0.2) is 0 Å². The molecule has 0 aromatic heterocycles. The molecule has 0 radical (unpaired) electrons. The fraction of sp³-hybridized carbons (Fsp3) is 0.517. The molecule has 0 saturated carbocycles. The number of hydrogen-bond donors (Lipinski definition) is 0. The molecule has 0 spiro atoms. The molecule has 0 amide bonds. The lowest BCUT2D eigenvalue weighted by Crippen LogP contribution is -2.33. The van der Waals surface area contributed by atoms with E-state index in [-0.39, 0.29) is 0 Å². The molecule has 4 heteroatoms. The van der Waals surface area contributed by atoms with Crippen LogP contribution < -0.4 is 9.47 Å². The SMILES string of the molecule is Cc1ccc2c(OCCN3CCCCC3)c3ccccc3c(OCCN3CCCCC3)c2c1. The first-order valence-electron chi connectivity index (χ1n) is 12.9. The summed E-state index contributed by atoms with van der Waals surface area (Å²) in [5.74, 6) is 2.01. The van der Waals surface area contributed by atoms with Crippen LogP contribution in [0.2, 0.25) is 0 Å². The molecule has 3 aromatic rings. The van der Waals surface area contributed by atoms with Crippen LogP contribution in [0.3, 0.4) is 0 Å². The summed E-state index contributed by atoms with van der Waals surface area (Å²) in [6, 6.07) is 15.2. The average molecular weight is 447 g/mol. The second-order valence-corrected chi connectivity index (χ2v) is 9.75. The summed E-state index contributed by atoms with van der Waals surface area (Å²) < 4.78 is 13.1. The minimum absolute atomic E-state index is 0.724. The lowest BCUT2D eigenvalue weighted by molar-refractivity contribution is 0.184. The summed E-state index contributed by atoms with van der Waals surface area (Å²) in [6.07, 6.45) is 7.99. The Morgan fingerprint density at radius 3 is 1.64 bits per heavy atom. The molecule has 0 aliphatic carbocycles. The van der Waals surface area contributed by atoms with Crippen molar-refractivity contribution >= 4 is 21.5 Å². The molecule has 4 nitrogen and oxygen atoms in total. The van der Waals surface area contributed by atoms with Crippen LogP contribution in [0.4, 0.5) is 0 Å². The Morgan fingerprint density at radius 1 is 0.606 bits per heavy atom. The van der Waals surface area contributed by atoms with Crippen molar-refractivity contribution in [3.8, 4) is 11.5 Å². The van der Waals surface area contributed by atoms with Gasteiger partial charge < -0.3 is 9.47 Å². The highest BCUT2D eigenvalue weighted by Gasteiger charge is 2.18. The van der Waals surface area contributed by atoms with Gasteiger partial charge in [0.15, 0.2) is 0 Å². The van der Waals surface area contributed by atoms with Crippen LogP contribution in [0.1, 0.15) is 44.1 Å². The molecule has 2 aliphatic rings. The molecule has 0 N–H and O–H groups in total. The quantitative estimate of drug-likeness (QED) is 0.394. The number of hydrogen-bond acceptors (Lipinski definition) is 4. The van der Waals surface area contributed by atoms with Crippen molar-refractivity contribution in [2.45, 2.75) is 45.4 Å². The molecule has 0 bridgehead atoms. The number of piperidine rings is 2. The lowest BCUT2D eigenvalue weighted by atomic mass is 9.99. The van der Waals surface area contributed by atoms with E-state index in [0.717, 1.165) is 54.0 Å². The minimum atomic E-state index is 0.724. The molecule has 2 saturated heterocycles. The summed E-state index contributed by atoms with van der Waals surface area (Å²) >= 11 is 0. The third-order valence-corrected chi connectivity index (χ3v) is 7.29. The van der Waals surface area contributed by atoms with E-state index in [9.17, 15) is 0 Å². The Morgan fingerprint density at radius 2 is 1.09 bits per heavy atom. The van der Waals surface area contributed by atoms with Gasteiger partial charge in [0, 0.05) is 34.6 Å². The van der Waals surface area contributed by atoms with E-state index < -0.39 is 0 Å². The van der Waals surface area contributed by atoms with Gasteiger partial charge in [-0.05, 0) is 64.9 Å². The van der Waals surface area contributed by atoms with Gasteiger partial charge in [-0.1, -0.05) is 54.8 Å². The van der Waals surface area contributed by atoms with Gasteiger partial charge in [0.1, 0.15) is 24.7 Å². The Balaban J connectivity index is 1.42. The van der Waals surface area contributed by atoms with Gasteiger partial charge in [-0.3, -0.25) is 9.80 Å². The number of fused-ring (bicyclic) bond motifs is 2. The van der Waals surface area contributed by atoms with Crippen LogP contribution in [0.15, 0.2) is 42.5 Å². The first-order chi connectivity index (χ1) is 16.3. The first-order valence-corrected chi connectivity index (χ1v) is 12.9. The summed E-state index contributed by atoms with van der Waals surface area (Å²) in [4.78, 5) is 5.08. The molecule has 0 atom stereocenters. The molecule has 2 heterocycles. The Bertz CT molecular complexity index is 1070. The summed E-state index contributed by atoms with van der Waals surface area (Å²) in [6.45, 7) is 10.4. The van der Waals surface area contributed by atoms with Crippen molar-refractivity contribution in [3.05, 3.63) is 48.0 Å². The highest BCUT2D eigenvalue weighted by atomic mass is 16.5. The molecule has 2 fully saturated rings. The summed E-state index contributed by atoms with van der Waals surface area (Å²) in [7, 11) is 0. The van der Waals surface area contributed by atoms with Crippen molar-refractivity contribution < 1.29 is 9.47 Å². The largest absolute Gasteiger partial charge is 0.491 e. The minimum Gasteiger partial charge on any atom is -0.491 e. The average Bonchev–Trinajstić information content (AvgIpc) is 2.86. The Hall–Kier alpha value is -2.30. The molecular formula is C29H38N2O2. The maximum atomic E-state index is 6.54. The van der Waals surface area contributed by atoms with Crippen LogP contribution in [-0.4, -0.2) is 62.3 Å². The van der Waals surface area contributed by atoms with Crippen molar-refractivity contribution in [2.24, 2.45) is 0 Å². The third-order valence-electron chi connectivity index (χ3n) is 7.29. The van der Waals surface area contributed by atoms with Gasteiger partial charge in [0.25, 0.3) is 0 Å². The molecule has 5 rings (SSSR count). The van der Waals surface area contributed by atoms with Crippen molar-refractivity contribution in [3.63, 3.8) is 0 Å². The third kappa shape index (κ3) is 5.28. The normalized spacial score (nSPS) is 18.1. The smallest absolute Gasteiger partial charge is 0.135 e. The van der Waals surface area contributed by atoms with Gasteiger partial charge in [-0.15, -0.1) is 0 Å². The number of likely N-dealkylation sites (tertiary alicyclic amines) is 2. The van der Waals surface area contributed by atoms with Crippen LogP contribution in [0.5, 0.6) is 11.5 Å². The number of rotatable bonds is 8. The Kier molecular flexibility index (Phi) is 7.33. The topological polar surface area (TPSA) is 24.9 Å². The van der Waals surface area contributed by atoms with Crippen LogP contribution >= 0.6 is 0 Å². The van der Waals surface area contributed by atoms with Crippen molar-refractivity contribution in [1.82, 2.24) is 9.80 Å². The molecule has 2 aliphatic heterocycles. The number of benzene rings is 3. The predicted molar refractivity (Wildman–Crippen MR) is 138 cm³/mol. The maximum absolute atomic E-state index is 6.54. The van der Waals surface area contributed by atoms with Crippen LogP contribution in [0.25, 0.3) is 21.5 Å². The molecule has 0 unspecified atom stereocenters. The molecule has 33 heavy (non-hydrogen) atoms. The number of ether oxygens (including phenoxy) is 2. The van der Waals surface area contributed by atoms with Crippen molar-refractivity contribution in [2.75, 3.05) is 52.5 Å². The zero-order chi connectivity index (χ0) is 22.5. The van der Waals surface area contributed by atoms with E-state index in [1.807, 2.05) is 0 Å². The van der Waals surface area contributed by atoms with Crippen molar-refractivity contribution in [1.29, 1.82) is 0 Å². The van der Waals surface area contributed by atoms with E-state index in [1.54, 1.807) is 0 Å². The van der Waals surface area contributed by atoms with E-state index in [4.69, 9.17) is 9.47 Å². The Labute approximate surface area is 198 Å². The maximum Gasteiger partial charge on any atom is 0.135 e. The summed E-state index contributed by atoms with van der Waals surface area (Å²) in [5.41, 5.74) is 1.25. The van der Waals surface area contributed by atoms with E-state index >= 15 is 0 Å². The standard InChI is InChI=1S/C29H38N2O2/c1-23-12-13-26-27(22-23)29(33-21-19-31-16-8-3-9-17-31)25-11-5-4-10-24(25)28(26)32-20-18-30-14-6-2-7-15-30/h4-5,10-13,22H,2-3,6-9,14-21H2,1H3. The number of nitrogens with zero attached hydrogens (tertiary/aromatic N) is 2. The second kappa shape index (κ2) is 10.8. The zero-order valence-corrected chi connectivity index (χ0v) is 20.2. The summed E-state index contributed by atoms with van der Waals surface area (Å²) in [5, 5.41) is 4.63. The van der Waals surface area contributed by atoms with E-state index in [1.165, 1.54) is 75.7 Å². The molecule has 3 aromatic carbocycles. The van der Waals surface area contributed by atoms with Crippen LogP contribution in [-0.2, 0) is 0 Å². The van der Waals surface area contributed by atoms with Gasteiger partial charge in [0.05, 0.1) is 0 Å². The van der Waals surface area contributed by atoms with Gasteiger partial charge >= 0.3 is 0 Å². The monoisotopic (exact) mass is 446 g/mol. The first kappa shape index (κ1) is 22.5. The van der Waals surface area contributed by atoms with Crippen LogP contribution in [0, 0.1) is 6.92 Å². The van der Waals surface area contributed by atoms with E-state index in [0.29, 0.717) is 0 Å². The molecular weight excluding hydrogens is 408 g/mol. The van der Waals surface area contributed by atoms with Gasteiger partial charge in [-0.2, -0.15) is 0 Å². The fourth-order valence-corrected chi connectivity index (χ4v) is 5.44. The van der Waals surface area contributed by atoms with E-state index in [2.05, 4.69) is 59.2 Å². The highest BCUT2D eigenvalue weighted by molar-refractivity contribution is 6.11. The predicted octanol–water partition coefficient (Wildman–Crippen LogP) is 6.03. The lowest BCUT2D eigenvalue weighted by Gasteiger charge is -2.27. The highest BCUT2D eigenvalue weighted by Crippen LogP contribution is 2.43. The zero-order valence-electron chi connectivity index (χ0n) is 20.2.